The van der Waals surface area contributed by atoms with Crippen LogP contribution in [0.3, 0.4) is 0 Å². The van der Waals surface area contributed by atoms with Crippen molar-refractivity contribution in [2.45, 2.75) is 18.6 Å². The van der Waals surface area contributed by atoms with E-state index >= 15 is 0 Å². The molecule has 0 amide bonds. The molecule has 0 aliphatic rings. The minimum absolute atomic E-state index is 0.643. The van der Waals surface area contributed by atoms with E-state index in [0.717, 1.165) is 18.5 Å². The summed E-state index contributed by atoms with van der Waals surface area (Å²) in [5.41, 5.74) is 6.87. The molecular formula is C12H18N2S. The van der Waals surface area contributed by atoms with Gasteiger partial charge in [-0.15, -0.1) is 0 Å². The van der Waals surface area contributed by atoms with Crippen molar-refractivity contribution in [2.75, 3.05) is 12.8 Å². The van der Waals surface area contributed by atoms with E-state index in [4.69, 9.17) is 5.73 Å². The largest absolute Gasteiger partial charge is 0.384 e. The Kier molecular flexibility index (Phi) is 5.26. The van der Waals surface area contributed by atoms with Crippen molar-refractivity contribution in [1.82, 2.24) is 0 Å². The zero-order chi connectivity index (χ0) is 11.1. The molecule has 0 saturated heterocycles. The summed E-state index contributed by atoms with van der Waals surface area (Å²) < 4.78 is 0. The Labute approximate surface area is 96.0 Å². The van der Waals surface area contributed by atoms with Crippen LogP contribution in [0.15, 0.2) is 35.3 Å². The molecule has 0 bridgehead atoms. The molecule has 2 nitrogen and oxygen atoms in total. The molecule has 3 heteroatoms. The van der Waals surface area contributed by atoms with E-state index in [1.54, 1.807) is 0 Å². The van der Waals surface area contributed by atoms with Crippen LogP contribution >= 0.6 is 11.8 Å². The number of thioether (sulfide) groups is 1. The van der Waals surface area contributed by atoms with Crippen molar-refractivity contribution in [3.8, 4) is 0 Å². The first-order chi connectivity index (χ1) is 7.24. The molecule has 1 rings (SSSR count). The first kappa shape index (κ1) is 12.1. The summed E-state index contributed by atoms with van der Waals surface area (Å²) in [5, 5.41) is 0.650. The quantitative estimate of drug-likeness (QED) is 0.614. The number of amidine groups is 1. The second-order valence-electron chi connectivity index (χ2n) is 3.47. The summed E-state index contributed by atoms with van der Waals surface area (Å²) in [4.78, 5) is 4.36. The number of nitrogens with two attached hydrogens (primary N) is 1. The SMILES string of the molecule is CSC(C)CCN=C(N)c1ccccc1. The van der Waals surface area contributed by atoms with Crippen molar-refractivity contribution in [2.24, 2.45) is 10.7 Å². The third-order valence-corrected chi connectivity index (χ3v) is 3.33. The predicted octanol–water partition coefficient (Wildman–Crippen LogP) is 2.53. The van der Waals surface area contributed by atoms with Gasteiger partial charge in [0.15, 0.2) is 0 Å². The minimum Gasteiger partial charge on any atom is -0.384 e. The summed E-state index contributed by atoms with van der Waals surface area (Å²) in [6.45, 7) is 3.02. The van der Waals surface area contributed by atoms with Crippen LogP contribution < -0.4 is 5.73 Å². The topological polar surface area (TPSA) is 38.4 Å². The Morgan fingerprint density at radius 3 is 2.67 bits per heavy atom. The highest BCUT2D eigenvalue weighted by Crippen LogP contribution is 2.09. The first-order valence-electron chi connectivity index (χ1n) is 5.12. The van der Waals surface area contributed by atoms with E-state index in [1.165, 1.54) is 0 Å². The molecule has 0 fully saturated rings. The summed E-state index contributed by atoms with van der Waals surface area (Å²) in [5.74, 6) is 0.643. The van der Waals surface area contributed by atoms with E-state index in [-0.39, 0.29) is 0 Å². The highest BCUT2D eigenvalue weighted by molar-refractivity contribution is 7.99. The van der Waals surface area contributed by atoms with Gasteiger partial charge in [0.2, 0.25) is 0 Å². The van der Waals surface area contributed by atoms with Crippen molar-refractivity contribution >= 4 is 17.6 Å². The highest BCUT2D eigenvalue weighted by Gasteiger charge is 1.99. The van der Waals surface area contributed by atoms with Crippen LogP contribution in [0.2, 0.25) is 0 Å². The Balaban J connectivity index is 2.47. The lowest BCUT2D eigenvalue weighted by molar-refractivity contribution is 0.825. The van der Waals surface area contributed by atoms with Crippen LogP contribution in [-0.4, -0.2) is 23.9 Å². The molecular weight excluding hydrogens is 204 g/mol. The second kappa shape index (κ2) is 6.51. The van der Waals surface area contributed by atoms with Crippen molar-refractivity contribution in [3.05, 3.63) is 35.9 Å². The molecule has 0 aromatic heterocycles. The number of nitrogens with zero attached hydrogens (tertiary/aromatic N) is 1. The maximum Gasteiger partial charge on any atom is 0.125 e. The predicted molar refractivity (Wildman–Crippen MR) is 69.6 cm³/mol. The maximum atomic E-state index is 5.87. The smallest absolute Gasteiger partial charge is 0.125 e. The first-order valence-corrected chi connectivity index (χ1v) is 6.41. The molecule has 0 spiro atoms. The Morgan fingerprint density at radius 2 is 2.07 bits per heavy atom. The number of benzene rings is 1. The van der Waals surface area contributed by atoms with Crippen LogP contribution in [0, 0.1) is 0 Å². The number of hydrogen-bond acceptors (Lipinski definition) is 2. The molecule has 0 aliphatic carbocycles. The van der Waals surface area contributed by atoms with Gasteiger partial charge in [-0.05, 0) is 12.7 Å². The van der Waals surface area contributed by atoms with Gasteiger partial charge in [-0.3, -0.25) is 4.99 Å². The standard InChI is InChI=1S/C12H18N2S/c1-10(15-2)8-9-14-12(13)11-6-4-3-5-7-11/h3-7,10H,8-9H2,1-2H3,(H2,13,14). The van der Waals surface area contributed by atoms with E-state index in [2.05, 4.69) is 18.2 Å². The normalized spacial score (nSPS) is 13.9. The Bertz CT molecular complexity index is 309. The number of hydrogen-bond donors (Lipinski definition) is 1. The molecule has 0 saturated carbocycles. The summed E-state index contributed by atoms with van der Waals surface area (Å²) >= 11 is 1.86. The van der Waals surface area contributed by atoms with Crippen LogP contribution in [0.4, 0.5) is 0 Å². The van der Waals surface area contributed by atoms with Crippen molar-refractivity contribution in [3.63, 3.8) is 0 Å². The van der Waals surface area contributed by atoms with Crippen LogP contribution in [0.1, 0.15) is 18.9 Å². The molecule has 2 N–H and O–H groups in total. The van der Waals surface area contributed by atoms with Gasteiger partial charge in [-0.25, -0.2) is 0 Å². The fraction of sp³-hybridized carbons (Fsp3) is 0.417. The van der Waals surface area contributed by atoms with E-state index in [0.29, 0.717) is 11.1 Å². The monoisotopic (exact) mass is 222 g/mol. The molecule has 0 heterocycles. The zero-order valence-corrected chi connectivity index (χ0v) is 10.1. The molecule has 1 atom stereocenters. The van der Waals surface area contributed by atoms with Gasteiger partial charge in [0, 0.05) is 17.4 Å². The molecule has 0 radical (unpaired) electrons. The summed E-state index contributed by atoms with van der Waals surface area (Å²) in [6, 6.07) is 9.89. The average molecular weight is 222 g/mol. The van der Waals surface area contributed by atoms with Gasteiger partial charge in [-0.1, -0.05) is 37.3 Å². The fourth-order valence-corrected chi connectivity index (χ4v) is 1.53. The van der Waals surface area contributed by atoms with Gasteiger partial charge in [0.1, 0.15) is 5.84 Å². The Hall–Kier alpha value is -0.960. The van der Waals surface area contributed by atoms with Gasteiger partial charge < -0.3 is 5.73 Å². The zero-order valence-electron chi connectivity index (χ0n) is 9.31. The molecule has 82 valence electrons. The van der Waals surface area contributed by atoms with Gasteiger partial charge in [0.25, 0.3) is 0 Å². The molecule has 0 aliphatic heterocycles. The highest BCUT2D eigenvalue weighted by atomic mass is 32.2. The van der Waals surface area contributed by atoms with E-state index in [1.807, 2.05) is 42.1 Å². The third-order valence-electron chi connectivity index (χ3n) is 2.29. The van der Waals surface area contributed by atoms with E-state index in [9.17, 15) is 0 Å². The lowest BCUT2D eigenvalue weighted by Crippen LogP contribution is -2.14. The van der Waals surface area contributed by atoms with Gasteiger partial charge >= 0.3 is 0 Å². The Morgan fingerprint density at radius 1 is 1.40 bits per heavy atom. The lowest BCUT2D eigenvalue weighted by atomic mass is 10.2. The number of aliphatic imine (C=N–C) groups is 1. The van der Waals surface area contributed by atoms with Gasteiger partial charge in [0.05, 0.1) is 0 Å². The lowest BCUT2D eigenvalue weighted by Gasteiger charge is -2.05. The van der Waals surface area contributed by atoms with Gasteiger partial charge in [-0.2, -0.15) is 11.8 Å². The third kappa shape index (κ3) is 4.38. The number of rotatable bonds is 5. The second-order valence-corrected chi connectivity index (χ2v) is 4.74. The van der Waals surface area contributed by atoms with Crippen LogP contribution in [-0.2, 0) is 0 Å². The molecule has 1 aromatic rings. The molecule has 15 heavy (non-hydrogen) atoms. The average Bonchev–Trinajstić information content (AvgIpc) is 2.29. The minimum atomic E-state index is 0.643. The van der Waals surface area contributed by atoms with Crippen molar-refractivity contribution in [1.29, 1.82) is 0 Å². The van der Waals surface area contributed by atoms with E-state index < -0.39 is 0 Å². The molecule has 1 aromatic carbocycles. The summed E-state index contributed by atoms with van der Waals surface area (Å²) in [6.07, 6.45) is 3.20. The molecule has 1 unspecified atom stereocenters. The fourth-order valence-electron chi connectivity index (χ4n) is 1.18. The van der Waals surface area contributed by atoms with Crippen molar-refractivity contribution < 1.29 is 0 Å². The summed E-state index contributed by atoms with van der Waals surface area (Å²) in [7, 11) is 0. The van der Waals surface area contributed by atoms with Crippen LogP contribution in [0.5, 0.6) is 0 Å². The van der Waals surface area contributed by atoms with Crippen LogP contribution in [0.25, 0.3) is 0 Å². The maximum absolute atomic E-state index is 5.87.